The van der Waals surface area contributed by atoms with Gasteiger partial charge >= 0.3 is 0 Å². The summed E-state index contributed by atoms with van der Waals surface area (Å²) in [5.74, 6) is 0.810. The Morgan fingerprint density at radius 1 is 1.11 bits per heavy atom. The summed E-state index contributed by atoms with van der Waals surface area (Å²) in [6, 6.07) is 12.1. The van der Waals surface area contributed by atoms with E-state index in [1.165, 1.54) is 11.1 Å². The predicted octanol–water partition coefficient (Wildman–Crippen LogP) is 2.21. The summed E-state index contributed by atoms with van der Waals surface area (Å²) < 4.78 is 1.72. The fraction of sp³-hybridized carbons (Fsp3) is 0.143. The molecular weight excluding hydrogens is 224 g/mol. The number of hydrogen-bond acceptors (Lipinski definition) is 3. The van der Waals surface area contributed by atoms with Gasteiger partial charge in [-0.2, -0.15) is 5.10 Å². The van der Waals surface area contributed by atoms with Gasteiger partial charge in [0.15, 0.2) is 11.5 Å². The van der Waals surface area contributed by atoms with Crippen LogP contribution in [0.5, 0.6) is 0 Å². The minimum absolute atomic E-state index is 0.689. The molecular formula is C14H14N4. The summed E-state index contributed by atoms with van der Waals surface area (Å²) in [5.41, 5.74) is 9.70. The van der Waals surface area contributed by atoms with Crippen LogP contribution in [0, 0.1) is 6.92 Å². The SMILES string of the molecule is Cc1ccc(Cc2nc3ccc(N)cn3n2)cc1. The van der Waals surface area contributed by atoms with Gasteiger partial charge in [0, 0.05) is 6.42 Å². The van der Waals surface area contributed by atoms with Gasteiger partial charge in [-0.1, -0.05) is 29.8 Å². The molecule has 0 atom stereocenters. The molecule has 1 aromatic carbocycles. The van der Waals surface area contributed by atoms with Crippen LogP contribution in [0.15, 0.2) is 42.6 Å². The molecule has 0 saturated heterocycles. The molecule has 90 valence electrons. The summed E-state index contributed by atoms with van der Waals surface area (Å²) in [6.07, 6.45) is 2.52. The molecule has 0 spiro atoms. The second kappa shape index (κ2) is 4.14. The molecule has 0 amide bonds. The van der Waals surface area contributed by atoms with Crippen LogP contribution in [-0.2, 0) is 6.42 Å². The number of hydrogen-bond donors (Lipinski definition) is 1. The largest absolute Gasteiger partial charge is 0.397 e. The minimum Gasteiger partial charge on any atom is -0.397 e. The van der Waals surface area contributed by atoms with Gasteiger partial charge in [0.2, 0.25) is 0 Å². The van der Waals surface area contributed by atoms with Crippen LogP contribution in [0.25, 0.3) is 5.65 Å². The molecule has 0 unspecified atom stereocenters. The Kier molecular flexibility index (Phi) is 2.48. The van der Waals surface area contributed by atoms with Crippen molar-refractivity contribution in [1.82, 2.24) is 14.6 Å². The molecule has 4 heteroatoms. The average molecular weight is 238 g/mol. The van der Waals surface area contributed by atoms with Gasteiger partial charge in [-0.25, -0.2) is 9.50 Å². The van der Waals surface area contributed by atoms with Crippen LogP contribution in [-0.4, -0.2) is 14.6 Å². The first-order chi connectivity index (χ1) is 8.70. The van der Waals surface area contributed by atoms with Crippen LogP contribution in [0.3, 0.4) is 0 Å². The normalized spacial score (nSPS) is 10.9. The van der Waals surface area contributed by atoms with Gasteiger partial charge in [0.25, 0.3) is 0 Å². The Hall–Kier alpha value is -2.36. The molecule has 18 heavy (non-hydrogen) atoms. The van der Waals surface area contributed by atoms with Crippen LogP contribution in [0.2, 0.25) is 0 Å². The monoisotopic (exact) mass is 238 g/mol. The molecule has 0 fully saturated rings. The fourth-order valence-electron chi connectivity index (χ4n) is 1.91. The third-order valence-corrected chi connectivity index (χ3v) is 2.88. The highest BCUT2D eigenvalue weighted by Crippen LogP contribution is 2.10. The Balaban J connectivity index is 1.92. The number of nitrogens with two attached hydrogens (primary N) is 1. The summed E-state index contributed by atoms with van der Waals surface area (Å²) in [5, 5.41) is 4.42. The van der Waals surface area contributed by atoms with Crippen molar-refractivity contribution in [2.45, 2.75) is 13.3 Å². The van der Waals surface area contributed by atoms with Crippen molar-refractivity contribution in [1.29, 1.82) is 0 Å². The van der Waals surface area contributed by atoms with Crippen molar-refractivity contribution < 1.29 is 0 Å². The molecule has 2 aromatic heterocycles. The van der Waals surface area contributed by atoms with Gasteiger partial charge in [-0.05, 0) is 24.6 Å². The van der Waals surface area contributed by atoms with E-state index in [9.17, 15) is 0 Å². The molecule has 3 aromatic rings. The molecule has 2 N–H and O–H groups in total. The van der Waals surface area contributed by atoms with E-state index < -0.39 is 0 Å². The van der Waals surface area contributed by atoms with Crippen LogP contribution in [0.4, 0.5) is 5.69 Å². The van der Waals surface area contributed by atoms with Gasteiger partial charge in [-0.15, -0.1) is 0 Å². The number of benzene rings is 1. The molecule has 3 rings (SSSR count). The lowest BCUT2D eigenvalue weighted by molar-refractivity contribution is 0.901. The zero-order valence-electron chi connectivity index (χ0n) is 10.2. The third-order valence-electron chi connectivity index (χ3n) is 2.88. The summed E-state index contributed by atoms with van der Waals surface area (Å²) in [4.78, 5) is 4.47. The number of anilines is 1. The van der Waals surface area contributed by atoms with Crippen LogP contribution < -0.4 is 5.73 Å². The number of rotatable bonds is 2. The van der Waals surface area contributed by atoms with E-state index in [1.54, 1.807) is 10.7 Å². The van der Waals surface area contributed by atoms with Crippen molar-refractivity contribution in [3.05, 3.63) is 59.5 Å². The van der Waals surface area contributed by atoms with Gasteiger partial charge in [0.1, 0.15) is 0 Å². The second-order valence-corrected chi connectivity index (χ2v) is 4.46. The van der Waals surface area contributed by atoms with E-state index in [2.05, 4.69) is 41.3 Å². The first-order valence-corrected chi connectivity index (χ1v) is 5.87. The van der Waals surface area contributed by atoms with E-state index in [0.717, 1.165) is 17.9 Å². The quantitative estimate of drug-likeness (QED) is 0.744. The Morgan fingerprint density at radius 3 is 2.67 bits per heavy atom. The molecule has 0 aliphatic rings. The summed E-state index contributed by atoms with van der Waals surface area (Å²) >= 11 is 0. The fourth-order valence-corrected chi connectivity index (χ4v) is 1.91. The Morgan fingerprint density at radius 2 is 1.89 bits per heavy atom. The molecule has 4 nitrogen and oxygen atoms in total. The van der Waals surface area contributed by atoms with Gasteiger partial charge in [0.05, 0.1) is 11.9 Å². The van der Waals surface area contributed by atoms with Crippen molar-refractivity contribution in [2.75, 3.05) is 5.73 Å². The zero-order valence-corrected chi connectivity index (χ0v) is 10.2. The second-order valence-electron chi connectivity index (χ2n) is 4.46. The lowest BCUT2D eigenvalue weighted by atomic mass is 10.1. The average Bonchev–Trinajstić information content (AvgIpc) is 2.73. The number of nitrogen functional groups attached to an aromatic ring is 1. The van der Waals surface area contributed by atoms with E-state index >= 15 is 0 Å². The van der Waals surface area contributed by atoms with Crippen molar-refractivity contribution in [3.8, 4) is 0 Å². The van der Waals surface area contributed by atoms with E-state index in [0.29, 0.717) is 5.69 Å². The molecule has 0 aliphatic carbocycles. The Bertz CT molecular complexity index is 683. The number of aromatic nitrogens is 3. The lowest BCUT2D eigenvalue weighted by Gasteiger charge is -1.97. The van der Waals surface area contributed by atoms with Crippen molar-refractivity contribution in [2.24, 2.45) is 0 Å². The Labute approximate surface area is 105 Å². The first kappa shape index (κ1) is 10.8. The highest BCUT2D eigenvalue weighted by atomic mass is 15.3. The topological polar surface area (TPSA) is 56.2 Å². The molecule has 0 radical (unpaired) electrons. The molecule has 2 heterocycles. The highest BCUT2D eigenvalue weighted by molar-refractivity contribution is 5.46. The smallest absolute Gasteiger partial charge is 0.156 e. The maximum Gasteiger partial charge on any atom is 0.156 e. The van der Waals surface area contributed by atoms with Gasteiger partial charge < -0.3 is 5.73 Å². The highest BCUT2D eigenvalue weighted by Gasteiger charge is 2.04. The van der Waals surface area contributed by atoms with Crippen LogP contribution >= 0.6 is 0 Å². The maximum atomic E-state index is 5.71. The number of nitrogens with zero attached hydrogens (tertiary/aromatic N) is 3. The lowest BCUT2D eigenvalue weighted by Crippen LogP contribution is -1.93. The number of pyridine rings is 1. The van der Waals surface area contributed by atoms with E-state index in [-0.39, 0.29) is 0 Å². The third kappa shape index (κ3) is 2.05. The van der Waals surface area contributed by atoms with E-state index in [4.69, 9.17) is 5.73 Å². The number of aryl methyl sites for hydroxylation is 1. The van der Waals surface area contributed by atoms with Gasteiger partial charge in [-0.3, -0.25) is 0 Å². The van der Waals surface area contributed by atoms with Crippen molar-refractivity contribution >= 4 is 11.3 Å². The molecule has 0 saturated carbocycles. The summed E-state index contributed by atoms with van der Waals surface area (Å²) in [7, 11) is 0. The standard InChI is InChI=1S/C14H14N4/c1-10-2-4-11(5-3-10)8-13-16-14-7-6-12(15)9-18(14)17-13/h2-7,9H,8,15H2,1H3. The maximum absolute atomic E-state index is 5.71. The molecule has 0 aliphatic heterocycles. The molecule has 0 bridgehead atoms. The first-order valence-electron chi connectivity index (χ1n) is 5.87. The predicted molar refractivity (Wildman–Crippen MR) is 71.4 cm³/mol. The zero-order chi connectivity index (χ0) is 12.5. The van der Waals surface area contributed by atoms with Crippen LogP contribution in [0.1, 0.15) is 17.0 Å². The minimum atomic E-state index is 0.689. The van der Waals surface area contributed by atoms with E-state index in [1.807, 2.05) is 12.1 Å². The number of fused-ring (bicyclic) bond motifs is 1. The van der Waals surface area contributed by atoms with Crippen molar-refractivity contribution in [3.63, 3.8) is 0 Å². The summed E-state index contributed by atoms with van der Waals surface area (Å²) in [6.45, 7) is 2.08.